The minimum Gasteiger partial charge on any atom is -0.458 e. The zero-order chi connectivity index (χ0) is 23.8. The molecule has 1 heterocycles. The lowest BCUT2D eigenvalue weighted by molar-refractivity contribution is -0.111. The number of aromatic nitrogens is 2. The molecule has 34 heavy (non-hydrogen) atoms. The molecule has 0 radical (unpaired) electrons. The zero-order valence-electron chi connectivity index (χ0n) is 18.2. The maximum atomic E-state index is 11.5. The fourth-order valence-corrected chi connectivity index (χ4v) is 3.21. The van der Waals surface area contributed by atoms with Gasteiger partial charge in [0.15, 0.2) is 0 Å². The van der Waals surface area contributed by atoms with Crippen LogP contribution in [0.15, 0.2) is 97.4 Å². The summed E-state index contributed by atoms with van der Waals surface area (Å²) in [6, 6.07) is 18.8. The van der Waals surface area contributed by atoms with Crippen LogP contribution in [0.2, 0.25) is 0 Å². The molecule has 1 aliphatic carbocycles. The van der Waals surface area contributed by atoms with Gasteiger partial charge in [-0.05, 0) is 55.0 Å². The molecule has 1 atom stereocenters. The van der Waals surface area contributed by atoms with E-state index in [1.54, 1.807) is 18.2 Å². The quantitative estimate of drug-likeness (QED) is 0.418. The summed E-state index contributed by atoms with van der Waals surface area (Å²) in [5.74, 6) is 1.98. The van der Waals surface area contributed by atoms with E-state index in [0.29, 0.717) is 35.1 Å². The van der Waals surface area contributed by atoms with Crippen LogP contribution in [0.25, 0.3) is 0 Å². The van der Waals surface area contributed by atoms with Crippen molar-refractivity contribution in [3.05, 3.63) is 103 Å². The van der Waals surface area contributed by atoms with Crippen LogP contribution in [-0.4, -0.2) is 21.9 Å². The van der Waals surface area contributed by atoms with Crippen molar-refractivity contribution in [1.82, 2.24) is 9.97 Å². The highest BCUT2D eigenvalue weighted by atomic mass is 16.5. The summed E-state index contributed by atoms with van der Waals surface area (Å²) in [6.07, 6.45) is 9.19. The third-order valence-corrected chi connectivity index (χ3v) is 4.85. The number of amides is 1. The lowest BCUT2D eigenvalue weighted by atomic mass is 10.1. The Hall–Kier alpha value is -4.90. The van der Waals surface area contributed by atoms with Crippen LogP contribution < -0.4 is 20.7 Å². The zero-order valence-corrected chi connectivity index (χ0v) is 18.2. The van der Waals surface area contributed by atoms with Gasteiger partial charge in [0, 0.05) is 17.4 Å². The summed E-state index contributed by atoms with van der Waals surface area (Å²) < 4.78 is 5.85. The standard InChI is InChI=1S/C26H22N6O2/c1-2-24(33)29-20-7-6-8-21(15-20)31-26-28-17-18(16-27)25(32-26)30-19-11-13-23(14-12-19)34-22-9-4-3-5-10-22/h2-11,13-15,17,19H,1,12H2,(H,29,33)(H2,28,30,31,32). The van der Waals surface area contributed by atoms with Gasteiger partial charge in [0.2, 0.25) is 11.9 Å². The monoisotopic (exact) mass is 450 g/mol. The Morgan fingerprint density at radius 3 is 2.74 bits per heavy atom. The molecule has 0 spiro atoms. The van der Waals surface area contributed by atoms with Crippen LogP contribution >= 0.6 is 0 Å². The maximum Gasteiger partial charge on any atom is 0.247 e. The first-order valence-corrected chi connectivity index (χ1v) is 10.6. The number of carbonyl (C=O) groups is 1. The summed E-state index contributed by atoms with van der Waals surface area (Å²) in [6.45, 7) is 3.45. The molecular formula is C26H22N6O2. The SMILES string of the molecule is C=CC(=O)Nc1cccc(Nc2ncc(C#N)c(NC3C=CC(Oc4ccccc4)=CC3)n2)c1. The average Bonchev–Trinajstić information content (AvgIpc) is 2.86. The van der Waals surface area contributed by atoms with Gasteiger partial charge >= 0.3 is 0 Å². The first-order chi connectivity index (χ1) is 16.6. The fourth-order valence-electron chi connectivity index (χ4n) is 3.21. The molecule has 1 aromatic heterocycles. The predicted molar refractivity (Wildman–Crippen MR) is 132 cm³/mol. The van der Waals surface area contributed by atoms with Gasteiger partial charge in [0.05, 0.1) is 6.20 Å². The number of nitrogens with zero attached hydrogens (tertiary/aromatic N) is 3. The van der Waals surface area contributed by atoms with Crippen LogP contribution in [0.4, 0.5) is 23.1 Å². The van der Waals surface area contributed by atoms with E-state index in [9.17, 15) is 10.1 Å². The van der Waals surface area contributed by atoms with Gasteiger partial charge in [-0.3, -0.25) is 4.79 Å². The van der Waals surface area contributed by atoms with E-state index in [1.807, 2.05) is 54.6 Å². The first-order valence-electron chi connectivity index (χ1n) is 10.6. The highest BCUT2D eigenvalue weighted by Crippen LogP contribution is 2.23. The minimum atomic E-state index is -0.301. The molecule has 3 N–H and O–H groups in total. The number of hydrogen-bond donors (Lipinski definition) is 3. The normalized spacial score (nSPS) is 14.3. The van der Waals surface area contributed by atoms with Crippen molar-refractivity contribution < 1.29 is 9.53 Å². The summed E-state index contributed by atoms with van der Waals surface area (Å²) >= 11 is 0. The smallest absolute Gasteiger partial charge is 0.247 e. The average molecular weight is 451 g/mol. The molecule has 0 bridgehead atoms. The largest absolute Gasteiger partial charge is 0.458 e. The molecule has 1 aliphatic rings. The van der Waals surface area contributed by atoms with Crippen LogP contribution in [0.5, 0.6) is 5.75 Å². The lowest BCUT2D eigenvalue weighted by Crippen LogP contribution is -2.20. The van der Waals surface area contributed by atoms with Gasteiger partial charge in [-0.15, -0.1) is 0 Å². The molecule has 3 aromatic rings. The number of ether oxygens (including phenoxy) is 1. The summed E-state index contributed by atoms with van der Waals surface area (Å²) in [5.41, 5.74) is 1.62. The van der Waals surface area contributed by atoms with Crippen molar-refractivity contribution in [2.45, 2.75) is 12.5 Å². The summed E-state index contributed by atoms with van der Waals surface area (Å²) in [5, 5.41) is 18.6. The molecule has 0 saturated heterocycles. The van der Waals surface area contributed by atoms with Crippen LogP contribution in [0.1, 0.15) is 12.0 Å². The van der Waals surface area contributed by atoms with Gasteiger partial charge in [-0.25, -0.2) is 4.98 Å². The second-order valence-electron chi connectivity index (χ2n) is 7.33. The molecule has 8 heteroatoms. The van der Waals surface area contributed by atoms with Crippen molar-refractivity contribution in [3.63, 3.8) is 0 Å². The lowest BCUT2D eigenvalue weighted by Gasteiger charge is -2.19. The Bertz CT molecular complexity index is 1290. The van der Waals surface area contributed by atoms with Gasteiger partial charge in [-0.1, -0.05) is 36.9 Å². The number of rotatable bonds is 8. The van der Waals surface area contributed by atoms with Crippen molar-refractivity contribution >= 4 is 29.0 Å². The molecule has 0 saturated carbocycles. The Morgan fingerprint density at radius 1 is 1.18 bits per heavy atom. The Morgan fingerprint density at radius 2 is 2.00 bits per heavy atom. The molecule has 168 valence electrons. The predicted octanol–water partition coefficient (Wildman–Crippen LogP) is 4.92. The second-order valence-corrected chi connectivity index (χ2v) is 7.33. The number of anilines is 4. The van der Waals surface area contributed by atoms with E-state index in [-0.39, 0.29) is 11.9 Å². The number of hydrogen-bond acceptors (Lipinski definition) is 7. The van der Waals surface area contributed by atoms with E-state index in [2.05, 4.69) is 38.6 Å². The van der Waals surface area contributed by atoms with E-state index in [1.165, 1.54) is 12.3 Å². The van der Waals surface area contributed by atoms with E-state index >= 15 is 0 Å². The topological polar surface area (TPSA) is 112 Å². The maximum absolute atomic E-state index is 11.5. The van der Waals surface area contributed by atoms with Crippen molar-refractivity contribution in [2.75, 3.05) is 16.0 Å². The number of carbonyl (C=O) groups excluding carboxylic acids is 1. The highest BCUT2D eigenvalue weighted by Gasteiger charge is 2.14. The van der Waals surface area contributed by atoms with E-state index in [0.717, 1.165) is 11.5 Å². The van der Waals surface area contributed by atoms with Crippen molar-refractivity contribution in [3.8, 4) is 11.8 Å². The number of para-hydroxylation sites is 1. The molecule has 8 nitrogen and oxygen atoms in total. The van der Waals surface area contributed by atoms with Crippen LogP contribution in [0, 0.1) is 11.3 Å². The molecule has 1 unspecified atom stereocenters. The number of benzene rings is 2. The Balaban J connectivity index is 1.43. The van der Waals surface area contributed by atoms with Gasteiger partial charge in [-0.2, -0.15) is 10.2 Å². The number of nitriles is 1. The Kier molecular flexibility index (Phi) is 6.96. The summed E-state index contributed by atoms with van der Waals surface area (Å²) in [7, 11) is 0. The second kappa shape index (κ2) is 10.6. The number of allylic oxidation sites excluding steroid dienone is 1. The van der Waals surface area contributed by atoms with Gasteiger partial charge < -0.3 is 20.7 Å². The van der Waals surface area contributed by atoms with Crippen molar-refractivity contribution in [1.29, 1.82) is 5.26 Å². The third kappa shape index (κ3) is 5.87. The molecule has 1 amide bonds. The van der Waals surface area contributed by atoms with E-state index < -0.39 is 0 Å². The Labute approximate surface area is 197 Å². The van der Waals surface area contributed by atoms with Crippen molar-refractivity contribution in [2.24, 2.45) is 0 Å². The molecular weight excluding hydrogens is 428 g/mol. The summed E-state index contributed by atoms with van der Waals surface area (Å²) in [4.78, 5) is 20.2. The van der Waals surface area contributed by atoms with E-state index in [4.69, 9.17) is 4.74 Å². The number of nitrogens with one attached hydrogen (secondary N) is 3. The van der Waals surface area contributed by atoms with Gasteiger partial charge in [0.1, 0.15) is 29.0 Å². The third-order valence-electron chi connectivity index (χ3n) is 4.85. The van der Waals surface area contributed by atoms with Gasteiger partial charge in [0.25, 0.3) is 0 Å². The molecule has 0 aliphatic heterocycles. The molecule has 2 aromatic carbocycles. The van der Waals surface area contributed by atoms with Crippen LogP contribution in [0.3, 0.4) is 0 Å². The first kappa shape index (κ1) is 22.3. The van der Waals surface area contributed by atoms with Crippen LogP contribution in [-0.2, 0) is 4.79 Å². The fraction of sp³-hybridized carbons (Fsp3) is 0.0769. The highest BCUT2D eigenvalue weighted by molar-refractivity contribution is 5.99. The minimum absolute atomic E-state index is 0.0598. The molecule has 0 fully saturated rings. The molecule has 4 rings (SSSR count).